The molecule has 0 aliphatic rings. The maximum absolute atomic E-state index is 5.96. The van der Waals surface area contributed by atoms with Gasteiger partial charge < -0.3 is 9.47 Å². The largest absolute Gasteiger partial charge is 0.494 e. The molecule has 0 amide bonds. The van der Waals surface area contributed by atoms with Crippen molar-refractivity contribution in [1.82, 2.24) is 0 Å². The first-order valence-electron chi connectivity index (χ1n) is 9.62. The zero-order chi connectivity index (χ0) is 19.1. The second kappa shape index (κ2) is 8.77. The fourth-order valence-electron chi connectivity index (χ4n) is 3.16. The summed E-state index contributed by atoms with van der Waals surface area (Å²) in [7, 11) is 0. The highest BCUT2D eigenvalue weighted by molar-refractivity contribution is 5.35. The summed E-state index contributed by atoms with van der Waals surface area (Å²) in [6, 6.07) is 26.8. The fourth-order valence-corrected chi connectivity index (χ4v) is 3.16. The molecule has 0 bridgehead atoms. The third-order valence-corrected chi connectivity index (χ3v) is 4.86. The number of ether oxygens (including phenoxy) is 2. The predicted molar refractivity (Wildman–Crippen MR) is 112 cm³/mol. The molecule has 0 radical (unpaired) electrons. The molecule has 0 fully saturated rings. The van der Waals surface area contributed by atoms with Gasteiger partial charge in [0.2, 0.25) is 0 Å². The molecule has 0 aliphatic carbocycles. The average Bonchev–Trinajstić information content (AvgIpc) is 2.68. The number of para-hydroxylation sites is 1. The van der Waals surface area contributed by atoms with Crippen molar-refractivity contribution < 1.29 is 9.47 Å². The fraction of sp³-hybridized carbons (Fsp3) is 0.280. The van der Waals surface area contributed by atoms with Crippen LogP contribution < -0.4 is 9.47 Å². The van der Waals surface area contributed by atoms with Gasteiger partial charge in [-0.05, 0) is 72.7 Å². The lowest BCUT2D eigenvalue weighted by Crippen LogP contribution is -2.18. The van der Waals surface area contributed by atoms with Crippen LogP contribution in [0.5, 0.6) is 17.2 Å². The Morgan fingerprint density at radius 3 is 2.15 bits per heavy atom. The van der Waals surface area contributed by atoms with E-state index in [1.165, 1.54) is 11.1 Å². The Balaban J connectivity index is 1.64. The standard InChI is InChI=1S/C25H28O2/c1-4-26-22-15-13-21(14-16-22)25(2,3)18-17-20-9-8-12-24(19-20)27-23-10-6-5-7-11-23/h5-16,19H,4,17-18H2,1-3H3. The minimum Gasteiger partial charge on any atom is -0.494 e. The first-order valence-corrected chi connectivity index (χ1v) is 9.62. The van der Waals surface area contributed by atoms with E-state index in [0.717, 1.165) is 30.1 Å². The van der Waals surface area contributed by atoms with Crippen molar-refractivity contribution >= 4 is 0 Å². The number of hydrogen-bond donors (Lipinski definition) is 0. The molecule has 3 rings (SSSR count). The molecule has 0 saturated carbocycles. The summed E-state index contributed by atoms with van der Waals surface area (Å²) in [5, 5.41) is 0. The Labute approximate surface area is 162 Å². The van der Waals surface area contributed by atoms with Gasteiger partial charge in [0, 0.05) is 0 Å². The van der Waals surface area contributed by atoms with Crippen LogP contribution in [0.15, 0.2) is 78.9 Å². The van der Waals surface area contributed by atoms with Gasteiger partial charge in [0.05, 0.1) is 6.61 Å². The topological polar surface area (TPSA) is 18.5 Å². The first kappa shape index (κ1) is 19.0. The second-order valence-corrected chi connectivity index (χ2v) is 7.40. The maximum atomic E-state index is 5.96. The highest BCUT2D eigenvalue weighted by atomic mass is 16.5. The van der Waals surface area contributed by atoms with Crippen LogP contribution in [-0.2, 0) is 11.8 Å². The minimum absolute atomic E-state index is 0.0983. The monoisotopic (exact) mass is 360 g/mol. The lowest BCUT2D eigenvalue weighted by molar-refractivity contribution is 0.340. The normalized spacial score (nSPS) is 11.2. The van der Waals surface area contributed by atoms with Crippen molar-refractivity contribution in [2.24, 2.45) is 0 Å². The summed E-state index contributed by atoms with van der Waals surface area (Å²) < 4.78 is 11.5. The summed E-state index contributed by atoms with van der Waals surface area (Å²) in [6.07, 6.45) is 2.07. The van der Waals surface area contributed by atoms with Gasteiger partial charge in [-0.15, -0.1) is 0 Å². The van der Waals surface area contributed by atoms with Crippen LogP contribution in [0.3, 0.4) is 0 Å². The van der Waals surface area contributed by atoms with Crippen molar-refractivity contribution in [3.8, 4) is 17.2 Å². The highest BCUT2D eigenvalue weighted by Crippen LogP contribution is 2.31. The van der Waals surface area contributed by atoms with E-state index >= 15 is 0 Å². The summed E-state index contributed by atoms with van der Waals surface area (Å²) in [4.78, 5) is 0. The number of hydrogen-bond acceptors (Lipinski definition) is 2. The molecule has 3 aromatic rings. The summed E-state index contributed by atoms with van der Waals surface area (Å²) in [5.41, 5.74) is 2.73. The molecule has 2 nitrogen and oxygen atoms in total. The van der Waals surface area contributed by atoms with Gasteiger partial charge in [0.1, 0.15) is 17.2 Å². The highest BCUT2D eigenvalue weighted by Gasteiger charge is 2.20. The van der Waals surface area contributed by atoms with Gasteiger partial charge in [-0.2, -0.15) is 0 Å². The van der Waals surface area contributed by atoms with Crippen LogP contribution in [-0.4, -0.2) is 6.61 Å². The molecule has 0 heterocycles. The molecule has 0 N–H and O–H groups in total. The van der Waals surface area contributed by atoms with Gasteiger partial charge in [-0.1, -0.05) is 56.3 Å². The molecule has 0 aliphatic heterocycles. The summed E-state index contributed by atoms with van der Waals surface area (Å²) >= 11 is 0. The van der Waals surface area contributed by atoms with E-state index in [1.807, 2.05) is 43.3 Å². The second-order valence-electron chi connectivity index (χ2n) is 7.40. The Morgan fingerprint density at radius 1 is 0.741 bits per heavy atom. The van der Waals surface area contributed by atoms with E-state index in [9.17, 15) is 0 Å². The summed E-state index contributed by atoms with van der Waals surface area (Å²) in [6.45, 7) is 7.30. The van der Waals surface area contributed by atoms with Crippen LogP contribution in [0.2, 0.25) is 0 Å². The molecule has 2 heteroatoms. The van der Waals surface area contributed by atoms with Crippen molar-refractivity contribution in [3.05, 3.63) is 90.0 Å². The third-order valence-electron chi connectivity index (χ3n) is 4.86. The van der Waals surface area contributed by atoms with E-state index in [2.05, 4.69) is 56.3 Å². The molecule has 0 unspecified atom stereocenters. The number of aryl methyl sites for hydroxylation is 1. The van der Waals surface area contributed by atoms with Crippen molar-refractivity contribution in [1.29, 1.82) is 0 Å². The van der Waals surface area contributed by atoms with Crippen LogP contribution in [0, 0.1) is 0 Å². The average molecular weight is 360 g/mol. The van der Waals surface area contributed by atoms with E-state index < -0.39 is 0 Å². The zero-order valence-corrected chi connectivity index (χ0v) is 16.4. The van der Waals surface area contributed by atoms with Crippen molar-refractivity contribution in [2.45, 2.75) is 39.0 Å². The van der Waals surface area contributed by atoms with Crippen LogP contribution in [0.1, 0.15) is 38.3 Å². The quantitative estimate of drug-likeness (QED) is 0.440. The predicted octanol–water partition coefficient (Wildman–Crippen LogP) is 6.79. The zero-order valence-electron chi connectivity index (χ0n) is 16.4. The van der Waals surface area contributed by atoms with Gasteiger partial charge in [-0.3, -0.25) is 0 Å². The lowest BCUT2D eigenvalue weighted by atomic mass is 9.79. The van der Waals surface area contributed by atoms with Crippen LogP contribution in [0.25, 0.3) is 0 Å². The molecule has 0 saturated heterocycles. The third kappa shape index (κ3) is 5.37. The molecule has 0 aromatic heterocycles. The Bertz CT molecular complexity index is 836. The Hall–Kier alpha value is -2.74. The SMILES string of the molecule is CCOc1ccc(C(C)(C)CCc2cccc(Oc3ccccc3)c2)cc1. The molecular weight excluding hydrogens is 332 g/mol. The molecular formula is C25H28O2. The van der Waals surface area contributed by atoms with Gasteiger partial charge in [-0.25, -0.2) is 0 Å². The molecule has 27 heavy (non-hydrogen) atoms. The van der Waals surface area contributed by atoms with Crippen molar-refractivity contribution in [3.63, 3.8) is 0 Å². The van der Waals surface area contributed by atoms with Crippen molar-refractivity contribution in [2.75, 3.05) is 6.61 Å². The number of benzene rings is 3. The van der Waals surface area contributed by atoms with E-state index in [-0.39, 0.29) is 5.41 Å². The minimum atomic E-state index is 0.0983. The number of rotatable bonds is 8. The lowest BCUT2D eigenvalue weighted by Gasteiger charge is -2.25. The molecule has 140 valence electrons. The Morgan fingerprint density at radius 2 is 1.44 bits per heavy atom. The van der Waals surface area contributed by atoms with Gasteiger partial charge >= 0.3 is 0 Å². The Kier molecular flexibility index (Phi) is 6.18. The molecule has 0 atom stereocenters. The van der Waals surface area contributed by atoms with E-state index in [1.54, 1.807) is 0 Å². The van der Waals surface area contributed by atoms with E-state index in [4.69, 9.17) is 9.47 Å². The van der Waals surface area contributed by atoms with Crippen LogP contribution >= 0.6 is 0 Å². The van der Waals surface area contributed by atoms with E-state index in [0.29, 0.717) is 6.61 Å². The van der Waals surface area contributed by atoms with Crippen LogP contribution in [0.4, 0.5) is 0 Å². The summed E-state index contributed by atoms with van der Waals surface area (Å²) in [5.74, 6) is 2.68. The van der Waals surface area contributed by atoms with Gasteiger partial charge in [0.15, 0.2) is 0 Å². The molecule has 0 spiro atoms. The molecule has 3 aromatic carbocycles. The first-order chi connectivity index (χ1) is 13.1. The maximum Gasteiger partial charge on any atom is 0.127 e. The van der Waals surface area contributed by atoms with Gasteiger partial charge in [0.25, 0.3) is 0 Å². The smallest absolute Gasteiger partial charge is 0.127 e.